The molecule has 1 aromatic carbocycles. The van der Waals surface area contributed by atoms with Gasteiger partial charge in [-0.1, -0.05) is 37.3 Å². The maximum absolute atomic E-state index is 11.5. The summed E-state index contributed by atoms with van der Waals surface area (Å²) in [5.74, 6) is 0.137. The van der Waals surface area contributed by atoms with Crippen LogP contribution in [0, 0.1) is 0 Å². The van der Waals surface area contributed by atoms with Crippen LogP contribution in [0.25, 0.3) is 11.3 Å². The zero-order valence-electron chi connectivity index (χ0n) is 11.2. The highest BCUT2D eigenvalue weighted by molar-refractivity contribution is 7.91. The number of hydrogen-bond acceptors (Lipinski definition) is 4. The number of aromatic nitrogens is 2. The Kier molecular flexibility index (Phi) is 4.34. The van der Waals surface area contributed by atoms with Crippen molar-refractivity contribution in [2.24, 2.45) is 0 Å². The lowest BCUT2D eigenvalue weighted by molar-refractivity contribution is 0.112. The fraction of sp³-hybridized carbons (Fsp3) is 0.286. The average molecular weight is 292 g/mol. The number of sulfone groups is 1. The average Bonchev–Trinajstić information content (AvgIpc) is 2.90. The molecule has 0 amide bonds. The van der Waals surface area contributed by atoms with Gasteiger partial charge in [-0.25, -0.2) is 8.42 Å². The van der Waals surface area contributed by atoms with Gasteiger partial charge in [-0.2, -0.15) is 5.10 Å². The lowest BCUT2D eigenvalue weighted by atomic mass is 10.1. The Bertz CT molecular complexity index is 690. The van der Waals surface area contributed by atoms with Crippen molar-refractivity contribution in [3.8, 4) is 11.3 Å². The molecule has 0 N–H and O–H groups in total. The molecular weight excluding hydrogens is 276 g/mol. The van der Waals surface area contributed by atoms with Gasteiger partial charge < -0.3 is 0 Å². The standard InChI is InChI=1S/C14H16N2O3S/c1-2-20(18,19)9-8-16-10-13(11-17)14(15-16)12-6-4-3-5-7-12/h3-7,10-11H,2,8-9H2,1H3. The summed E-state index contributed by atoms with van der Waals surface area (Å²) in [6.07, 6.45) is 2.32. The molecule has 6 heteroatoms. The third-order valence-corrected chi connectivity index (χ3v) is 4.72. The minimum atomic E-state index is -3.04. The van der Waals surface area contributed by atoms with E-state index in [4.69, 9.17) is 0 Å². The van der Waals surface area contributed by atoms with Crippen LogP contribution in [-0.2, 0) is 16.4 Å². The lowest BCUT2D eigenvalue weighted by Crippen LogP contribution is -2.14. The van der Waals surface area contributed by atoms with Gasteiger partial charge in [-0.3, -0.25) is 9.48 Å². The van der Waals surface area contributed by atoms with Gasteiger partial charge in [0.15, 0.2) is 16.1 Å². The van der Waals surface area contributed by atoms with Crippen molar-refractivity contribution >= 4 is 16.1 Å². The molecule has 5 nitrogen and oxygen atoms in total. The van der Waals surface area contributed by atoms with Crippen LogP contribution in [0.5, 0.6) is 0 Å². The number of carbonyl (C=O) groups excluding carboxylic acids is 1. The molecule has 20 heavy (non-hydrogen) atoms. The molecule has 0 fully saturated rings. The summed E-state index contributed by atoms with van der Waals surface area (Å²) >= 11 is 0. The quantitative estimate of drug-likeness (QED) is 0.761. The van der Waals surface area contributed by atoms with E-state index < -0.39 is 9.84 Å². The molecular formula is C14H16N2O3S. The Labute approximate surface area is 118 Å². The molecule has 0 radical (unpaired) electrons. The molecule has 2 rings (SSSR count). The first-order valence-electron chi connectivity index (χ1n) is 6.34. The van der Waals surface area contributed by atoms with Crippen molar-refractivity contribution in [3.63, 3.8) is 0 Å². The zero-order chi connectivity index (χ0) is 14.6. The van der Waals surface area contributed by atoms with E-state index in [1.165, 1.54) is 4.68 Å². The minimum Gasteiger partial charge on any atom is -0.298 e. The first-order valence-corrected chi connectivity index (χ1v) is 8.16. The predicted octanol–water partition coefficient (Wildman–Crippen LogP) is 1.80. The van der Waals surface area contributed by atoms with E-state index in [9.17, 15) is 13.2 Å². The smallest absolute Gasteiger partial charge is 0.153 e. The van der Waals surface area contributed by atoms with Crippen molar-refractivity contribution in [1.29, 1.82) is 0 Å². The van der Waals surface area contributed by atoms with Gasteiger partial charge in [0, 0.05) is 17.5 Å². The number of nitrogens with zero attached hydrogens (tertiary/aromatic N) is 2. The lowest BCUT2D eigenvalue weighted by Gasteiger charge is -2.01. The van der Waals surface area contributed by atoms with Gasteiger partial charge in [-0.15, -0.1) is 0 Å². The highest BCUT2D eigenvalue weighted by atomic mass is 32.2. The van der Waals surface area contributed by atoms with E-state index in [1.807, 2.05) is 30.3 Å². The molecule has 0 saturated carbocycles. The molecule has 0 aliphatic carbocycles. The SMILES string of the molecule is CCS(=O)(=O)CCn1cc(C=O)c(-c2ccccc2)n1. The van der Waals surface area contributed by atoms with Gasteiger partial charge in [0.1, 0.15) is 5.69 Å². The number of rotatable bonds is 6. The molecule has 0 bridgehead atoms. The molecule has 0 atom stereocenters. The Morgan fingerprint density at radius 2 is 1.95 bits per heavy atom. The fourth-order valence-corrected chi connectivity index (χ4v) is 2.59. The van der Waals surface area contributed by atoms with E-state index >= 15 is 0 Å². The summed E-state index contributed by atoms with van der Waals surface area (Å²) in [6.45, 7) is 1.87. The maximum Gasteiger partial charge on any atom is 0.153 e. The second-order valence-corrected chi connectivity index (χ2v) is 6.89. The van der Waals surface area contributed by atoms with E-state index in [1.54, 1.807) is 13.1 Å². The van der Waals surface area contributed by atoms with Gasteiger partial charge >= 0.3 is 0 Å². The molecule has 0 aliphatic rings. The van der Waals surface area contributed by atoms with Crippen LogP contribution in [-0.4, -0.2) is 36.0 Å². The summed E-state index contributed by atoms with van der Waals surface area (Å²) in [4.78, 5) is 11.1. The second-order valence-electron chi connectivity index (χ2n) is 4.42. The fourth-order valence-electron chi connectivity index (χ4n) is 1.83. The topological polar surface area (TPSA) is 69.0 Å². The number of hydrogen-bond donors (Lipinski definition) is 0. The van der Waals surface area contributed by atoms with E-state index in [0.29, 0.717) is 11.3 Å². The number of aryl methyl sites for hydroxylation is 1. The van der Waals surface area contributed by atoms with Crippen LogP contribution in [0.4, 0.5) is 0 Å². The predicted molar refractivity (Wildman–Crippen MR) is 77.4 cm³/mol. The van der Waals surface area contributed by atoms with Crippen LogP contribution >= 0.6 is 0 Å². The number of carbonyl (C=O) groups is 1. The zero-order valence-corrected chi connectivity index (χ0v) is 12.0. The van der Waals surface area contributed by atoms with E-state index in [2.05, 4.69) is 5.10 Å². The molecule has 2 aromatic rings. The highest BCUT2D eigenvalue weighted by Gasteiger charge is 2.12. The molecule has 1 aromatic heterocycles. The molecule has 0 saturated heterocycles. The van der Waals surface area contributed by atoms with Crippen molar-refractivity contribution in [1.82, 2.24) is 9.78 Å². The Balaban J connectivity index is 2.26. The monoisotopic (exact) mass is 292 g/mol. The number of aldehydes is 1. The summed E-state index contributed by atoms with van der Waals surface area (Å²) in [6, 6.07) is 9.34. The van der Waals surface area contributed by atoms with Crippen LogP contribution < -0.4 is 0 Å². The first kappa shape index (κ1) is 14.5. The van der Waals surface area contributed by atoms with Crippen molar-refractivity contribution in [2.45, 2.75) is 13.5 Å². The van der Waals surface area contributed by atoms with Gasteiger partial charge in [0.2, 0.25) is 0 Å². The highest BCUT2D eigenvalue weighted by Crippen LogP contribution is 2.20. The van der Waals surface area contributed by atoms with Crippen LogP contribution in [0.2, 0.25) is 0 Å². The molecule has 0 unspecified atom stereocenters. The van der Waals surface area contributed by atoms with Gasteiger partial charge in [0.25, 0.3) is 0 Å². The Morgan fingerprint density at radius 1 is 1.25 bits per heavy atom. The van der Waals surface area contributed by atoms with Crippen LogP contribution in [0.3, 0.4) is 0 Å². The van der Waals surface area contributed by atoms with E-state index in [0.717, 1.165) is 11.8 Å². The molecule has 1 heterocycles. The molecule has 0 aliphatic heterocycles. The summed E-state index contributed by atoms with van der Waals surface area (Å²) in [5, 5.41) is 4.31. The third-order valence-electron chi connectivity index (χ3n) is 3.04. The maximum atomic E-state index is 11.5. The van der Waals surface area contributed by atoms with Crippen molar-refractivity contribution < 1.29 is 13.2 Å². The molecule has 0 spiro atoms. The van der Waals surface area contributed by atoms with E-state index in [-0.39, 0.29) is 18.1 Å². The minimum absolute atomic E-state index is 0.0255. The summed E-state index contributed by atoms with van der Waals surface area (Å²) in [7, 11) is -3.04. The van der Waals surface area contributed by atoms with Crippen molar-refractivity contribution in [2.75, 3.05) is 11.5 Å². The van der Waals surface area contributed by atoms with Gasteiger partial charge in [0.05, 0.1) is 17.9 Å². The van der Waals surface area contributed by atoms with Crippen LogP contribution in [0.1, 0.15) is 17.3 Å². The first-order chi connectivity index (χ1) is 9.55. The number of benzene rings is 1. The van der Waals surface area contributed by atoms with Crippen LogP contribution in [0.15, 0.2) is 36.5 Å². The Hall–Kier alpha value is -1.95. The van der Waals surface area contributed by atoms with Crippen molar-refractivity contribution in [3.05, 3.63) is 42.1 Å². The Morgan fingerprint density at radius 3 is 2.55 bits per heavy atom. The summed E-state index contributed by atoms with van der Waals surface area (Å²) < 4.78 is 24.5. The largest absolute Gasteiger partial charge is 0.298 e. The van der Waals surface area contributed by atoms with Gasteiger partial charge in [-0.05, 0) is 0 Å². The second kappa shape index (κ2) is 6.00. The molecule has 106 valence electrons. The normalized spacial score (nSPS) is 11.4. The third kappa shape index (κ3) is 3.33. The summed E-state index contributed by atoms with van der Waals surface area (Å²) in [5.41, 5.74) is 1.88.